The van der Waals surface area contributed by atoms with Crippen LogP contribution in [0.3, 0.4) is 0 Å². The number of fused-ring (bicyclic) bond motifs is 1. The summed E-state index contributed by atoms with van der Waals surface area (Å²) in [7, 11) is 0. The van der Waals surface area contributed by atoms with E-state index in [0.29, 0.717) is 22.5 Å². The Morgan fingerprint density at radius 2 is 2.05 bits per heavy atom. The zero-order valence-electron chi connectivity index (χ0n) is 13.4. The summed E-state index contributed by atoms with van der Waals surface area (Å²) in [5.74, 6) is -1.22. The van der Waals surface area contributed by atoms with E-state index >= 15 is 0 Å². The minimum atomic E-state index is -1.07. The Morgan fingerprint density at radius 3 is 2.62 bits per heavy atom. The van der Waals surface area contributed by atoms with E-state index in [1.54, 1.807) is 19.3 Å². The van der Waals surface area contributed by atoms with Crippen molar-refractivity contribution in [2.45, 2.75) is 20.8 Å². The number of rotatable bonds is 3. The first kappa shape index (κ1) is 17.5. The van der Waals surface area contributed by atoms with Gasteiger partial charge in [-0.05, 0) is 31.6 Å². The molecule has 1 aromatic heterocycles. The maximum atomic E-state index is 11.2. The first-order valence-electron chi connectivity index (χ1n) is 6.01. The van der Waals surface area contributed by atoms with Gasteiger partial charge in [-0.15, -0.1) is 0 Å². The molecule has 0 saturated heterocycles. The Hall–Kier alpha value is -1.56. The number of ether oxygens (including phenoxy) is 1. The topological polar surface area (TPSA) is 76.7 Å². The van der Waals surface area contributed by atoms with Gasteiger partial charge in [-0.3, -0.25) is 4.79 Å². The van der Waals surface area contributed by atoms with Gasteiger partial charge in [-0.2, -0.15) is 0 Å². The molecule has 5 nitrogen and oxygen atoms in total. The van der Waals surface area contributed by atoms with Crippen LogP contribution in [-0.2, 0) is 9.59 Å². The van der Waals surface area contributed by atoms with E-state index in [2.05, 4.69) is 0 Å². The van der Waals surface area contributed by atoms with E-state index in [1.807, 2.05) is 6.92 Å². The third-order valence-corrected chi connectivity index (χ3v) is 2.92. The number of carbonyl (C=O) groups is 2. The molecule has 0 amide bonds. The Labute approximate surface area is 145 Å². The first-order chi connectivity index (χ1) is 9.40. The molecule has 0 atom stereocenters. The summed E-state index contributed by atoms with van der Waals surface area (Å²) in [6, 6.07) is 1.75. The van der Waals surface area contributed by atoms with Crippen LogP contribution in [-0.4, -0.2) is 17.0 Å². The molecule has 0 fully saturated rings. The normalized spacial score (nSPS) is 10.6. The number of hydrogen-bond acceptors (Lipinski definition) is 4. The summed E-state index contributed by atoms with van der Waals surface area (Å²) in [4.78, 5) is 21.9. The average molecular weight is 298 g/mol. The quantitative estimate of drug-likeness (QED) is 0.379. The molecule has 2 rings (SSSR count). The molecule has 0 aliphatic carbocycles. The molecule has 0 radical (unpaired) electrons. The van der Waals surface area contributed by atoms with E-state index in [-0.39, 0.29) is 31.0 Å². The van der Waals surface area contributed by atoms with Gasteiger partial charge >= 0.3 is 41.5 Å². The van der Waals surface area contributed by atoms with E-state index in [4.69, 9.17) is 14.3 Å². The molecule has 1 N–H and O–H groups in total. The molecule has 1 aromatic carbocycles. The zero-order chi connectivity index (χ0) is 14.9. The molecular weight excluding hydrogens is 283 g/mol. The van der Waals surface area contributed by atoms with Gasteiger partial charge in [0.1, 0.15) is 11.3 Å². The van der Waals surface area contributed by atoms with Crippen LogP contribution < -0.4 is 34.3 Å². The summed E-state index contributed by atoms with van der Waals surface area (Å²) in [6.07, 6.45) is 4.02. The van der Waals surface area contributed by atoms with E-state index in [0.717, 1.165) is 17.0 Å². The number of carboxylic acid groups (broad SMARTS) is 1. The second-order valence-electron chi connectivity index (χ2n) is 4.48. The molecule has 0 aliphatic rings. The summed E-state index contributed by atoms with van der Waals surface area (Å²) in [6.45, 7) is 4.95. The Morgan fingerprint density at radius 1 is 1.38 bits per heavy atom. The van der Waals surface area contributed by atoms with Gasteiger partial charge in [0.05, 0.1) is 6.26 Å². The number of hydrogen-bond donors (Lipinski definition) is 1. The predicted molar refractivity (Wildman–Crippen MR) is 74.8 cm³/mol. The van der Waals surface area contributed by atoms with Crippen LogP contribution in [0.5, 0.6) is 5.75 Å². The molecular formula is C15H15NaO5. The van der Waals surface area contributed by atoms with Crippen molar-refractivity contribution in [2.24, 2.45) is 0 Å². The smallest absolute Gasteiger partial charge is 1.00 e. The van der Waals surface area contributed by atoms with Crippen LogP contribution in [0, 0.1) is 13.8 Å². The molecule has 0 saturated carbocycles. The van der Waals surface area contributed by atoms with Gasteiger partial charge in [0.2, 0.25) is 0 Å². The largest absolute Gasteiger partial charge is 1.00 e. The van der Waals surface area contributed by atoms with Gasteiger partial charge in [-0.25, -0.2) is 4.79 Å². The monoisotopic (exact) mass is 298 g/mol. The van der Waals surface area contributed by atoms with Crippen LogP contribution in [0.4, 0.5) is 0 Å². The summed E-state index contributed by atoms with van der Waals surface area (Å²) < 4.78 is 10.6. The van der Waals surface area contributed by atoms with Gasteiger partial charge in [0, 0.05) is 29.5 Å². The molecule has 0 bridgehead atoms. The van der Waals surface area contributed by atoms with Crippen molar-refractivity contribution in [3.05, 3.63) is 35.1 Å². The summed E-state index contributed by atoms with van der Waals surface area (Å²) in [5, 5.41) is 9.60. The average Bonchev–Trinajstić information content (AvgIpc) is 2.72. The Kier molecular flexibility index (Phi) is 5.78. The van der Waals surface area contributed by atoms with Crippen LogP contribution in [0.15, 0.2) is 22.8 Å². The second kappa shape index (κ2) is 6.93. The summed E-state index contributed by atoms with van der Waals surface area (Å²) in [5.41, 5.74) is 2.75. The van der Waals surface area contributed by atoms with Crippen molar-refractivity contribution in [1.29, 1.82) is 0 Å². The molecule has 6 heteroatoms. The molecule has 0 spiro atoms. The van der Waals surface area contributed by atoms with Gasteiger partial charge in [0.25, 0.3) is 0 Å². The van der Waals surface area contributed by atoms with Crippen molar-refractivity contribution in [1.82, 2.24) is 0 Å². The maximum Gasteiger partial charge on any atom is 1.00 e. The van der Waals surface area contributed by atoms with Crippen LogP contribution in [0.25, 0.3) is 17.0 Å². The van der Waals surface area contributed by atoms with Crippen LogP contribution in [0.2, 0.25) is 0 Å². The number of esters is 1. The number of benzene rings is 1. The minimum Gasteiger partial charge on any atom is -1.00 e. The molecule has 1 heterocycles. The Balaban J connectivity index is 0.00000220. The fraction of sp³-hybridized carbons (Fsp3) is 0.200. The minimum absolute atomic E-state index is 0. The van der Waals surface area contributed by atoms with E-state index in [1.165, 1.54) is 13.0 Å². The van der Waals surface area contributed by atoms with E-state index < -0.39 is 11.9 Å². The van der Waals surface area contributed by atoms with Crippen molar-refractivity contribution in [3.8, 4) is 5.75 Å². The summed E-state index contributed by atoms with van der Waals surface area (Å²) >= 11 is 0. The Bertz CT molecular complexity index is 733. The van der Waals surface area contributed by atoms with Gasteiger partial charge < -0.3 is 15.7 Å². The third-order valence-electron chi connectivity index (χ3n) is 2.92. The molecule has 2 aromatic rings. The molecule has 106 valence electrons. The number of carbonyl (C=O) groups excluding carboxylic acids is 1. The second-order valence-corrected chi connectivity index (χ2v) is 4.48. The molecule has 21 heavy (non-hydrogen) atoms. The fourth-order valence-corrected chi connectivity index (χ4v) is 2.03. The van der Waals surface area contributed by atoms with Crippen molar-refractivity contribution in [3.63, 3.8) is 0 Å². The number of aryl methyl sites for hydroxylation is 2. The van der Waals surface area contributed by atoms with Crippen molar-refractivity contribution >= 4 is 29.0 Å². The maximum absolute atomic E-state index is 11.2. The molecule has 0 aliphatic heterocycles. The predicted octanol–water partition coefficient (Wildman–Crippen LogP) is 0.189. The standard InChI is InChI=1S/C15H14O5.Na.H/c1-8-7-19-15-9(2)14(20-10(3)16)11(6-12(8)15)4-5-13(17)18;;/h4-7H,1-3H3,(H,17,18);;/q;+1;-1/b5-4+;;. The number of furan rings is 1. The third kappa shape index (κ3) is 3.75. The van der Waals surface area contributed by atoms with Crippen molar-refractivity contribution < 1.29 is 54.8 Å². The number of carboxylic acids is 1. The SMILES string of the molecule is CC(=O)Oc1c(/C=C/C(=O)O)cc2c(C)coc2c1C.[H-].[Na+]. The first-order valence-corrected chi connectivity index (χ1v) is 6.01. The van der Waals surface area contributed by atoms with Crippen LogP contribution in [0.1, 0.15) is 25.0 Å². The fourth-order valence-electron chi connectivity index (χ4n) is 2.03. The zero-order valence-corrected chi connectivity index (χ0v) is 14.4. The van der Waals surface area contributed by atoms with Crippen molar-refractivity contribution in [2.75, 3.05) is 0 Å². The van der Waals surface area contributed by atoms with Gasteiger partial charge in [0.15, 0.2) is 0 Å². The molecule has 0 unspecified atom stereocenters. The van der Waals surface area contributed by atoms with E-state index in [9.17, 15) is 9.59 Å². The van der Waals surface area contributed by atoms with Gasteiger partial charge in [-0.1, -0.05) is 0 Å². The van der Waals surface area contributed by atoms with Crippen LogP contribution >= 0.6 is 0 Å². The number of aliphatic carboxylic acids is 1.